The van der Waals surface area contributed by atoms with E-state index in [4.69, 9.17) is 14.2 Å². The standard InChI is InChI=1S/C33H43N3O8S/c1-21(2)35(17-16-34(32(41)44-33(5,6)7)14-9-11-24-12-10-18-45-24)29(37)30(38)36-15-13-23-19-26(42-8)27(43-22(3)4)20-25(23)28(36)31(39)40/h10,12,18-22,28H,13-17H2,1-8H3,(H,39,40). The Balaban J connectivity index is 1.84. The van der Waals surface area contributed by atoms with Crippen molar-refractivity contribution < 1.29 is 38.5 Å². The molecule has 0 saturated heterocycles. The first-order chi connectivity index (χ1) is 21.1. The number of fused-ring (bicyclic) bond motifs is 1. The van der Waals surface area contributed by atoms with Gasteiger partial charge in [-0.25, -0.2) is 9.59 Å². The predicted octanol–water partition coefficient (Wildman–Crippen LogP) is 4.58. The van der Waals surface area contributed by atoms with Gasteiger partial charge in [0.2, 0.25) is 0 Å². The third kappa shape index (κ3) is 9.38. The number of carbonyl (C=O) groups excluding carboxylic acids is 3. The fourth-order valence-corrected chi connectivity index (χ4v) is 5.41. The smallest absolute Gasteiger partial charge is 0.411 e. The molecule has 11 nitrogen and oxygen atoms in total. The molecule has 0 radical (unpaired) electrons. The van der Waals surface area contributed by atoms with E-state index < -0.39 is 41.6 Å². The first-order valence-corrected chi connectivity index (χ1v) is 15.7. The molecule has 3 amide bonds. The fourth-order valence-electron chi connectivity index (χ4n) is 4.82. The van der Waals surface area contributed by atoms with Gasteiger partial charge in [-0.15, -0.1) is 11.3 Å². The highest BCUT2D eigenvalue weighted by atomic mass is 32.1. The predicted molar refractivity (Wildman–Crippen MR) is 170 cm³/mol. The average molecular weight is 642 g/mol. The van der Waals surface area contributed by atoms with Gasteiger partial charge in [-0.05, 0) is 89.6 Å². The van der Waals surface area contributed by atoms with E-state index in [2.05, 4.69) is 11.8 Å². The topological polar surface area (TPSA) is 126 Å². The van der Waals surface area contributed by atoms with E-state index >= 15 is 0 Å². The molecule has 1 atom stereocenters. The Bertz CT molecular complexity index is 1440. The van der Waals surface area contributed by atoms with Crippen molar-refractivity contribution in [2.45, 2.75) is 78.7 Å². The molecular weight excluding hydrogens is 598 g/mol. The summed E-state index contributed by atoms with van der Waals surface area (Å²) in [5.74, 6) is 3.75. The van der Waals surface area contributed by atoms with Crippen LogP contribution in [-0.4, -0.2) is 94.7 Å². The third-order valence-electron chi connectivity index (χ3n) is 6.84. The Hall–Kier alpha value is -4.24. The van der Waals surface area contributed by atoms with Crippen molar-refractivity contribution in [3.8, 4) is 23.3 Å². The lowest BCUT2D eigenvalue weighted by Gasteiger charge is -2.37. The molecule has 0 bridgehead atoms. The van der Waals surface area contributed by atoms with Crippen LogP contribution in [0.2, 0.25) is 0 Å². The van der Waals surface area contributed by atoms with Crippen LogP contribution in [-0.2, 0) is 25.5 Å². The van der Waals surface area contributed by atoms with Gasteiger partial charge in [0.05, 0.1) is 24.6 Å². The number of aliphatic carboxylic acids is 1. The largest absolute Gasteiger partial charge is 0.493 e. The summed E-state index contributed by atoms with van der Waals surface area (Å²) in [4.78, 5) is 57.7. The normalized spacial score (nSPS) is 14.3. The Labute approximate surface area is 269 Å². The number of nitrogens with zero attached hydrogens (tertiary/aromatic N) is 3. The maximum atomic E-state index is 13.7. The minimum absolute atomic E-state index is 0.00784. The molecule has 0 saturated carbocycles. The van der Waals surface area contributed by atoms with Gasteiger partial charge in [-0.1, -0.05) is 17.9 Å². The van der Waals surface area contributed by atoms with E-state index in [-0.39, 0.29) is 32.3 Å². The van der Waals surface area contributed by atoms with E-state index in [0.29, 0.717) is 29.0 Å². The summed E-state index contributed by atoms with van der Waals surface area (Å²) >= 11 is 1.48. The van der Waals surface area contributed by atoms with Crippen molar-refractivity contribution >= 4 is 35.2 Å². The Morgan fingerprint density at radius 1 is 1.11 bits per heavy atom. The number of thiophene rings is 1. The van der Waals surface area contributed by atoms with Gasteiger partial charge >= 0.3 is 23.9 Å². The van der Waals surface area contributed by atoms with Crippen molar-refractivity contribution in [2.75, 3.05) is 33.3 Å². The summed E-state index contributed by atoms with van der Waals surface area (Å²) in [7, 11) is 1.50. The van der Waals surface area contributed by atoms with E-state index in [0.717, 1.165) is 9.78 Å². The van der Waals surface area contributed by atoms with E-state index in [1.807, 2.05) is 31.4 Å². The fraction of sp³-hybridized carbons (Fsp3) is 0.515. The molecule has 1 unspecified atom stereocenters. The zero-order valence-electron chi connectivity index (χ0n) is 27.2. The number of ether oxygens (including phenoxy) is 3. The summed E-state index contributed by atoms with van der Waals surface area (Å²) in [5.41, 5.74) is 0.313. The first-order valence-electron chi connectivity index (χ1n) is 14.8. The second-order valence-corrected chi connectivity index (χ2v) is 13.1. The van der Waals surface area contributed by atoms with Crippen LogP contribution < -0.4 is 9.47 Å². The maximum absolute atomic E-state index is 13.7. The molecule has 0 aliphatic carbocycles. The highest BCUT2D eigenvalue weighted by Gasteiger charge is 2.41. The molecule has 1 aromatic carbocycles. The summed E-state index contributed by atoms with van der Waals surface area (Å²) in [6.45, 7) is 12.6. The van der Waals surface area contributed by atoms with Gasteiger partial charge in [0.25, 0.3) is 0 Å². The van der Waals surface area contributed by atoms with Crippen molar-refractivity contribution in [2.24, 2.45) is 0 Å². The van der Waals surface area contributed by atoms with Crippen molar-refractivity contribution in [1.29, 1.82) is 0 Å². The molecule has 1 N–H and O–H groups in total. The molecule has 45 heavy (non-hydrogen) atoms. The first kappa shape index (κ1) is 35.2. The number of benzene rings is 1. The Morgan fingerprint density at radius 3 is 2.38 bits per heavy atom. The highest BCUT2D eigenvalue weighted by molar-refractivity contribution is 7.10. The molecule has 3 rings (SSSR count). The van der Waals surface area contributed by atoms with Crippen molar-refractivity contribution in [3.05, 3.63) is 45.6 Å². The lowest BCUT2D eigenvalue weighted by Crippen LogP contribution is -2.53. The van der Waals surface area contributed by atoms with Crippen LogP contribution in [0.5, 0.6) is 11.5 Å². The molecule has 244 valence electrons. The van der Waals surface area contributed by atoms with Gasteiger partial charge < -0.3 is 29.1 Å². The minimum atomic E-state index is -1.40. The quantitative estimate of drug-likeness (QED) is 0.312. The Kier molecular flexibility index (Phi) is 11.9. The number of carboxylic acids is 1. The van der Waals surface area contributed by atoms with Crippen LogP contribution in [0.1, 0.15) is 70.5 Å². The van der Waals surface area contributed by atoms with Crippen LogP contribution in [0.3, 0.4) is 0 Å². The molecular formula is C33H43N3O8S. The van der Waals surface area contributed by atoms with E-state index in [9.17, 15) is 24.3 Å². The number of methoxy groups -OCH3 is 1. The monoisotopic (exact) mass is 641 g/mol. The maximum Gasteiger partial charge on any atom is 0.411 e. The van der Waals surface area contributed by atoms with Gasteiger partial charge in [0.15, 0.2) is 17.5 Å². The van der Waals surface area contributed by atoms with Crippen LogP contribution in [0.4, 0.5) is 4.79 Å². The number of carbonyl (C=O) groups is 4. The number of hydrogen-bond donors (Lipinski definition) is 1. The summed E-state index contributed by atoms with van der Waals surface area (Å²) < 4.78 is 16.9. The van der Waals surface area contributed by atoms with Crippen molar-refractivity contribution in [1.82, 2.24) is 14.7 Å². The second-order valence-electron chi connectivity index (χ2n) is 12.1. The van der Waals surface area contributed by atoms with E-state index in [1.54, 1.807) is 46.8 Å². The third-order valence-corrected chi connectivity index (χ3v) is 7.63. The van der Waals surface area contributed by atoms with Crippen molar-refractivity contribution in [3.63, 3.8) is 0 Å². The summed E-state index contributed by atoms with van der Waals surface area (Å²) in [5, 5.41) is 12.2. The molecule has 0 spiro atoms. The van der Waals surface area contributed by atoms with Crippen LogP contribution in [0.15, 0.2) is 29.6 Å². The lowest BCUT2D eigenvalue weighted by molar-refractivity contribution is -0.159. The van der Waals surface area contributed by atoms with Gasteiger partial charge in [0.1, 0.15) is 5.60 Å². The molecule has 1 aliphatic rings. The van der Waals surface area contributed by atoms with Crippen LogP contribution >= 0.6 is 11.3 Å². The Morgan fingerprint density at radius 2 is 1.82 bits per heavy atom. The summed E-state index contributed by atoms with van der Waals surface area (Å²) in [6, 6.07) is 5.24. The van der Waals surface area contributed by atoms with E-state index in [1.165, 1.54) is 28.2 Å². The van der Waals surface area contributed by atoms with Crippen LogP contribution in [0, 0.1) is 11.8 Å². The molecule has 12 heteroatoms. The number of rotatable bonds is 9. The zero-order chi connectivity index (χ0) is 33.5. The lowest BCUT2D eigenvalue weighted by atomic mass is 9.91. The van der Waals surface area contributed by atoms with Gasteiger partial charge in [-0.3, -0.25) is 14.5 Å². The molecule has 0 fully saturated rings. The number of hydrogen-bond acceptors (Lipinski definition) is 8. The minimum Gasteiger partial charge on any atom is -0.493 e. The average Bonchev–Trinajstić information content (AvgIpc) is 3.46. The molecule has 1 aliphatic heterocycles. The zero-order valence-corrected chi connectivity index (χ0v) is 28.0. The second kappa shape index (κ2) is 15.2. The summed E-state index contributed by atoms with van der Waals surface area (Å²) in [6.07, 6.45) is -0.475. The van der Waals surface area contributed by atoms with Gasteiger partial charge in [0, 0.05) is 25.7 Å². The van der Waals surface area contributed by atoms with Gasteiger partial charge in [-0.2, -0.15) is 0 Å². The highest BCUT2D eigenvalue weighted by Crippen LogP contribution is 2.39. The SMILES string of the molecule is COc1cc2c(cc1OC(C)C)C(C(=O)O)N(C(=O)C(=O)N(CCN(CC#Cc1cccs1)C(=O)OC(C)(C)C)C(C)C)CC2. The number of carboxylic acid groups (broad SMARTS) is 1. The molecule has 1 aromatic heterocycles. The number of amides is 3. The molecule has 2 heterocycles. The molecule has 2 aromatic rings. The van der Waals surface area contributed by atoms with Crippen LogP contribution in [0.25, 0.3) is 0 Å².